The van der Waals surface area contributed by atoms with Crippen LogP contribution in [0.5, 0.6) is 0 Å². The second-order valence-corrected chi connectivity index (χ2v) is 4.97. The number of rotatable bonds is 1. The second kappa shape index (κ2) is 4.14. The molecule has 3 heterocycles. The molecule has 5 heteroatoms. The lowest BCUT2D eigenvalue weighted by atomic mass is 10.1. The number of nitrogens with zero attached hydrogens (tertiary/aromatic N) is 3. The summed E-state index contributed by atoms with van der Waals surface area (Å²) in [5, 5.41) is 0. The zero-order chi connectivity index (χ0) is 11.8. The van der Waals surface area contributed by atoms with Gasteiger partial charge in [0.1, 0.15) is 11.6 Å². The third kappa shape index (κ3) is 2.07. The Hall–Kier alpha value is -1.36. The minimum absolute atomic E-state index is 0.0543. The van der Waals surface area contributed by atoms with Gasteiger partial charge in [-0.15, -0.1) is 0 Å². The van der Waals surface area contributed by atoms with Crippen molar-refractivity contribution in [1.29, 1.82) is 0 Å². The molecule has 0 amide bonds. The van der Waals surface area contributed by atoms with Crippen molar-refractivity contribution in [2.24, 2.45) is 0 Å². The normalized spacial score (nSPS) is 25.0. The Labute approximate surface area is 100 Å². The highest BCUT2D eigenvalue weighted by Gasteiger charge is 2.31. The molecule has 0 radical (unpaired) electrons. The number of aryl methyl sites for hydroxylation is 1. The van der Waals surface area contributed by atoms with Crippen LogP contribution in [0.15, 0.2) is 10.9 Å². The molecular weight excluding hydrogens is 216 g/mol. The van der Waals surface area contributed by atoms with E-state index < -0.39 is 0 Å². The largest absolute Gasteiger partial charge is 0.354 e. The minimum Gasteiger partial charge on any atom is -0.354 e. The van der Waals surface area contributed by atoms with E-state index in [0.717, 1.165) is 25.5 Å². The molecule has 1 atom stereocenters. The monoisotopic (exact) mass is 234 g/mol. The van der Waals surface area contributed by atoms with Gasteiger partial charge in [0.05, 0.1) is 0 Å². The third-order valence-electron chi connectivity index (χ3n) is 3.76. The second-order valence-electron chi connectivity index (χ2n) is 4.97. The number of hydrogen-bond acceptors (Lipinski definition) is 4. The van der Waals surface area contributed by atoms with Crippen LogP contribution in [0.2, 0.25) is 0 Å². The van der Waals surface area contributed by atoms with Gasteiger partial charge in [-0.2, -0.15) is 0 Å². The average molecular weight is 234 g/mol. The molecular formula is C12H18N4O. The number of H-pyrrole nitrogens is 1. The van der Waals surface area contributed by atoms with Crippen LogP contribution < -0.4 is 10.5 Å². The molecule has 2 aliphatic heterocycles. The quantitative estimate of drug-likeness (QED) is 0.762. The molecule has 0 spiro atoms. The molecule has 0 aromatic carbocycles. The van der Waals surface area contributed by atoms with E-state index in [2.05, 4.69) is 19.8 Å². The van der Waals surface area contributed by atoms with E-state index >= 15 is 0 Å². The Morgan fingerprint density at radius 1 is 1.41 bits per heavy atom. The SMILES string of the molecule is Cc1nc(N2CCN3CCCC3C2)cc(=O)[nH]1. The number of nitrogens with one attached hydrogen (secondary N) is 1. The van der Waals surface area contributed by atoms with Crippen molar-refractivity contribution in [3.8, 4) is 0 Å². The number of aromatic amines is 1. The van der Waals surface area contributed by atoms with E-state index in [4.69, 9.17) is 0 Å². The lowest BCUT2D eigenvalue weighted by Crippen LogP contribution is -2.50. The fraction of sp³-hybridized carbons (Fsp3) is 0.667. The van der Waals surface area contributed by atoms with Gasteiger partial charge in [-0.05, 0) is 26.3 Å². The molecule has 0 saturated carbocycles. The molecule has 1 unspecified atom stereocenters. The molecule has 17 heavy (non-hydrogen) atoms. The zero-order valence-electron chi connectivity index (χ0n) is 10.1. The predicted octanol–water partition coefficient (Wildman–Crippen LogP) is 0.363. The minimum atomic E-state index is -0.0543. The van der Waals surface area contributed by atoms with Crippen molar-refractivity contribution < 1.29 is 0 Å². The molecule has 0 aliphatic carbocycles. The van der Waals surface area contributed by atoms with E-state index in [1.807, 2.05) is 6.92 Å². The Kier molecular flexibility index (Phi) is 2.63. The highest BCUT2D eigenvalue weighted by molar-refractivity contribution is 5.38. The fourth-order valence-electron chi connectivity index (χ4n) is 2.92. The molecule has 0 bridgehead atoms. The topological polar surface area (TPSA) is 52.2 Å². The number of hydrogen-bond donors (Lipinski definition) is 1. The van der Waals surface area contributed by atoms with Gasteiger partial charge in [-0.25, -0.2) is 4.98 Å². The van der Waals surface area contributed by atoms with Crippen LogP contribution in [0.1, 0.15) is 18.7 Å². The summed E-state index contributed by atoms with van der Waals surface area (Å²) in [4.78, 5) is 23.4. The van der Waals surface area contributed by atoms with E-state index in [1.165, 1.54) is 19.4 Å². The van der Waals surface area contributed by atoms with Crippen LogP contribution in [0.4, 0.5) is 5.82 Å². The summed E-state index contributed by atoms with van der Waals surface area (Å²) in [7, 11) is 0. The van der Waals surface area contributed by atoms with E-state index in [-0.39, 0.29) is 5.56 Å². The van der Waals surface area contributed by atoms with Crippen LogP contribution in [0, 0.1) is 6.92 Å². The Morgan fingerprint density at radius 2 is 2.29 bits per heavy atom. The van der Waals surface area contributed by atoms with Crippen LogP contribution in [0.3, 0.4) is 0 Å². The van der Waals surface area contributed by atoms with Crippen LogP contribution in [-0.4, -0.2) is 47.1 Å². The summed E-state index contributed by atoms with van der Waals surface area (Å²) in [6.07, 6.45) is 2.58. The maximum atomic E-state index is 11.4. The van der Waals surface area contributed by atoms with Crippen molar-refractivity contribution >= 4 is 5.82 Å². The van der Waals surface area contributed by atoms with Crippen LogP contribution in [-0.2, 0) is 0 Å². The zero-order valence-corrected chi connectivity index (χ0v) is 10.1. The number of anilines is 1. The summed E-state index contributed by atoms with van der Waals surface area (Å²) in [6.45, 7) is 6.15. The molecule has 1 aromatic heterocycles. The van der Waals surface area contributed by atoms with Gasteiger partial charge in [-0.1, -0.05) is 0 Å². The molecule has 2 saturated heterocycles. The summed E-state index contributed by atoms with van der Waals surface area (Å²) in [5.41, 5.74) is -0.0543. The van der Waals surface area contributed by atoms with Crippen molar-refractivity contribution in [3.05, 3.63) is 22.2 Å². The summed E-state index contributed by atoms with van der Waals surface area (Å²) in [6, 6.07) is 2.27. The summed E-state index contributed by atoms with van der Waals surface area (Å²) < 4.78 is 0. The molecule has 2 aliphatic rings. The van der Waals surface area contributed by atoms with Gasteiger partial charge in [0.25, 0.3) is 5.56 Å². The molecule has 2 fully saturated rings. The van der Waals surface area contributed by atoms with Gasteiger partial charge < -0.3 is 9.88 Å². The molecule has 3 rings (SSSR count). The van der Waals surface area contributed by atoms with Gasteiger partial charge in [0, 0.05) is 31.7 Å². The first-order valence-corrected chi connectivity index (χ1v) is 6.29. The first kappa shape index (κ1) is 10.8. The Balaban J connectivity index is 1.82. The summed E-state index contributed by atoms with van der Waals surface area (Å²) in [5.74, 6) is 1.53. The molecule has 92 valence electrons. The fourth-order valence-corrected chi connectivity index (χ4v) is 2.92. The van der Waals surface area contributed by atoms with Gasteiger partial charge >= 0.3 is 0 Å². The number of piperazine rings is 1. The number of fused-ring (bicyclic) bond motifs is 1. The third-order valence-corrected chi connectivity index (χ3v) is 3.76. The maximum Gasteiger partial charge on any atom is 0.252 e. The lowest BCUT2D eigenvalue weighted by molar-refractivity contribution is 0.230. The smallest absolute Gasteiger partial charge is 0.252 e. The molecule has 1 N–H and O–H groups in total. The van der Waals surface area contributed by atoms with E-state index in [1.54, 1.807) is 6.07 Å². The number of aromatic nitrogens is 2. The Bertz CT molecular complexity index is 470. The first-order chi connectivity index (χ1) is 8.22. The van der Waals surface area contributed by atoms with Crippen molar-refractivity contribution in [1.82, 2.24) is 14.9 Å². The lowest BCUT2D eigenvalue weighted by Gasteiger charge is -2.38. The van der Waals surface area contributed by atoms with Gasteiger partial charge in [-0.3, -0.25) is 9.69 Å². The highest BCUT2D eigenvalue weighted by atomic mass is 16.1. The van der Waals surface area contributed by atoms with Crippen LogP contribution in [0.25, 0.3) is 0 Å². The van der Waals surface area contributed by atoms with E-state index in [0.29, 0.717) is 11.9 Å². The molecule has 1 aromatic rings. The Morgan fingerprint density at radius 3 is 3.12 bits per heavy atom. The first-order valence-electron chi connectivity index (χ1n) is 6.29. The van der Waals surface area contributed by atoms with Crippen LogP contribution >= 0.6 is 0 Å². The summed E-state index contributed by atoms with van der Waals surface area (Å²) >= 11 is 0. The van der Waals surface area contributed by atoms with Gasteiger partial charge in [0.15, 0.2) is 0 Å². The van der Waals surface area contributed by atoms with Crippen molar-refractivity contribution in [2.75, 3.05) is 31.1 Å². The standard InChI is InChI=1S/C12H18N4O/c1-9-13-11(7-12(17)14-9)16-6-5-15-4-2-3-10(15)8-16/h7,10H,2-6,8H2,1H3,(H,13,14,17). The van der Waals surface area contributed by atoms with Crippen molar-refractivity contribution in [2.45, 2.75) is 25.8 Å². The van der Waals surface area contributed by atoms with Crippen molar-refractivity contribution in [3.63, 3.8) is 0 Å². The van der Waals surface area contributed by atoms with E-state index in [9.17, 15) is 4.79 Å². The molecule has 5 nitrogen and oxygen atoms in total. The average Bonchev–Trinajstić information content (AvgIpc) is 2.74. The predicted molar refractivity (Wildman–Crippen MR) is 66.4 cm³/mol. The highest BCUT2D eigenvalue weighted by Crippen LogP contribution is 2.23. The maximum absolute atomic E-state index is 11.4. The van der Waals surface area contributed by atoms with Gasteiger partial charge in [0.2, 0.25) is 0 Å².